The number of amides is 1. The van der Waals surface area contributed by atoms with Gasteiger partial charge in [0.1, 0.15) is 17.6 Å². The van der Waals surface area contributed by atoms with Crippen molar-refractivity contribution in [2.45, 2.75) is 0 Å². The highest BCUT2D eigenvalue weighted by Crippen LogP contribution is 2.34. The molecule has 0 saturated heterocycles. The molecule has 37 heavy (non-hydrogen) atoms. The van der Waals surface area contributed by atoms with Crippen molar-refractivity contribution in [3.05, 3.63) is 110 Å². The van der Waals surface area contributed by atoms with Crippen molar-refractivity contribution in [2.75, 3.05) is 6.61 Å². The first-order valence-corrected chi connectivity index (χ1v) is 12.6. The summed E-state index contributed by atoms with van der Waals surface area (Å²) in [4.78, 5) is 25.1. The van der Waals surface area contributed by atoms with Crippen LogP contribution in [0.3, 0.4) is 0 Å². The predicted molar refractivity (Wildman–Crippen MR) is 148 cm³/mol. The molecule has 8 nitrogen and oxygen atoms in total. The molecule has 0 atom stereocenters. The zero-order valence-corrected chi connectivity index (χ0v) is 22.3. The lowest BCUT2D eigenvalue weighted by molar-refractivity contribution is -0.123. The fourth-order valence-corrected chi connectivity index (χ4v) is 4.39. The highest BCUT2D eigenvalue weighted by atomic mass is 79.9. The Kier molecular flexibility index (Phi) is 7.29. The van der Waals surface area contributed by atoms with Crippen LogP contribution in [-0.2, 0) is 4.79 Å². The van der Waals surface area contributed by atoms with Gasteiger partial charge in [0.05, 0.1) is 34.7 Å². The molecule has 0 spiro atoms. The highest BCUT2D eigenvalue weighted by molar-refractivity contribution is 9.10. The Hall–Kier alpha value is -4.02. The molecular weight excluding hydrogens is 604 g/mol. The molecule has 2 aromatic heterocycles. The van der Waals surface area contributed by atoms with Crippen molar-refractivity contribution in [3.8, 4) is 22.7 Å². The van der Waals surface area contributed by atoms with E-state index in [9.17, 15) is 9.59 Å². The number of halogens is 2. The summed E-state index contributed by atoms with van der Waals surface area (Å²) in [5, 5.41) is 8.73. The number of para-hydroxylation sites is 1. The van der Waals surface area contributed by atoms with Crippen LogP contribution in [0.1, 0.15) is 5.56 Å². The van der Waals surface area contributed by atoms with Crippen LogP contribution in [0.5, 0.6) is 5.75 Å². The lowest BCUT2D eigenvalue weighted by Crippen LogP contribution is -2.25. The smallest absolute Gasteiger partial charge is 0.277 e. The first-order chi connectivity index (χ1) is 18.0. The molecule has 10 heteroatoms. The van der Waals surface area contributed by atoms with E-state index in [0.717, 1.165) is 25.9 Å². The van der Waals surface area contributed by atoms with Crippen molar-refractivity contribution in [2.24, 2.45) is 5.10 Å². The summed E-state index contributed by atoms with van der Waals surface area (Å²) in [7, 11) is 0. The number of benzene rings is 3. The first-order valence-electron chi connectivity index (χ1n) is 11.0. The van der Waals surface area contributed by atoms with Gasteiger partial charge in [-0.2, -0.15) is 10.2 Å². The number of rotatable bonds is 7. The van der Waals surface area contributed by atoms with Gasteiger partial charge in [0.25, 0.3) is 5.91 Å². The second-order valence-electron chi connectivity index (χ2n) is 7.85. The Balaban J connectivity index is 1.30. The maximum Gasteiger partial charge on any atom is 0.277 e. The van der Waals surface area contributed by atoms with E-state index in [1.54, 1.807) is 35.1 Å². The van der Waals surface area contributed by atoms with Crippen molar-refractivity contribution >= 4 is 55.0 Å². The molecule has 0 saturated carbocycles. The Morgan fingerprint density at radius 3 is 2.68 bits per heavy atom. The minimum absolute atomic E-state index is 0.205. The average molecular weight is 622 g/mol. The van der Waals surface area contributed by atoms with E-state index >= 15 is 0 Å². The Morgan fingerprint density at radius 2 is 1.84 bits per heavy atom. The maximum absolute atomic E-state index is 12.7. The number of hydrogen-bond acceptors (Lipinski definition) is 6. The average Bonchev–Trinajstić information content (AvgIpc) is 3.40. The summed E-state index contributed by atoms with van der Waals surface area (Å²) in [6, 6.07) is 22.2. The number of hydrazone groups is 1. The first kappa shape index (κ1) is 24.7. The van der Waals surface area contributed by atoms with E-state index in [-0.39, 0.29) is 17.6 Å². The summed E-state index contributed by atoms with van der Waals surface area (Å²) in [5.74, 6) is 0.00960. The topological polar surface area (TPSA) is 98.7 Å². The number of hydrogen-bond donors (Lipinski definition) is 1. The second-order valence-corrected chi connectivity index (χ2v) is 9.68. The summed E-state index contributed by atoms with van der Waals surface area (Å²) in [6.07, 6.45) is 4.25. The zero-order valence-electron chi connectivity index (χ0n) is 19.1. The van der Waals surface area contributed by atoms with Gasteiger partial charge in [-0.3, -0.25) is 9.59 Å². The molecule has 0 radical (unpaired) electrons. The number of aromatic nitrogens is 2. The zero-order chi connectivity index (χ0) is 25.8. The van der Waals surface area contributed by atoms with Crippen LogP contribution in [0.25, 0.3) is 27.9 Å². The third-order valence-corrected chi connectivity index (χ3v) is 6.36. The summed E-state index contributed by atoms with van der Waals surface area (Å²) in [6.45, 7) is -0.287. The van der Waals surface area contributed by atoms with Gasteiger partial charge < -0.3 is 9.15 Å². The highest BCUT2D eigenvalue weighted by Gasteiger charge is 2.15. The number of carbonyl (C=O) groups is 1. The largest absolute Gasteiger partial charge is 0.483 e. The molecular formula is C27H18Br2N4O4. The standard InChI is InChI=1S/C27H18Br2N4O4/c28-18-6-8-24(21(12-18)23-10-11-31-33(23)20-4-2-1-3-5-20)37-16-26(34)32-30-14-17-15-36-25-9-7-19(29)13-22(25)27(17)35/h1-15H,16H2,(H,32,34)/b30-14+. The number of nitrogens with zero attached hydrogens (tertiary/aromatic N) is 3. The van der Waals surface area contributed by atoms with Gasteiger partial charge in [0.15, 0.2) is 6.61 Å². The van der Waals surface area contributed by atoms with Crippen LogP contribution in [-0.4, -0.2) is 28.5 Å². The molecule has 0 aliphatic carbocycles. The molecule has 5 rings (SSSR count). The van der Waals surface area contributed by atoms with Crippen molar-refractivity contribution in [3.63, 3.8) is 0 Å². The van der Waals surface area contributed by atoms with Gasteiger partial charge in [-0.1, -0.05) is 50.1 Å². The second kappa shape index (κ2) is 10.9. The quantitative estimate of drug-likeness (QED) is 0.186. The number of ether oxygens (including phenoxy) is 1. The minimum atomic E-state index is -0.491. The van der Waals surface area contributed by atoms with Gasteiger partial charge in [-0.05, 0) is 54.6 Å². The third-order valence-electron chi connectivity index (χ3n) is 5.37. The summed E-state index contributed by atoms with van der Waals surface area (Å²) >= 11 is 6.85. The monoisotopic (exact) mass is 620 g/mol. The molecule has 184 valence electrons. The third kappa shape index (κ3) is 5.55. The van der Waals surface area contributed by atoms with Crippen LogP contribution >= 0.6 is 31.9 Å². The van der Waals surface area contributed by atoms with Gasteiger partial charge >= 0.3 is 0 Å². The molecule has 1 amide bonds. The van der Waals surface area contributed by atoms with Gasteiger partial charge in [0.2, 0.25) is 5.43 Å². The van der Waals surface area contributed by atoms with E-state index in [4.69, 9.17) is 9.15 Å². The van der Waals surface area contributed by atoms with Crippen LogP contribution in [0.15, 0.2) is 109 Å². The number of carbonyl (C=O) groups excluding carboxylic acids is 1. The molecule has 1 N–H and O–H groups in total. The normalized spacial score (nSPS) is 11.2. The van der Waals surface area contributed by atoms with E-state index < -0.39 is 5.91 Å². The lowest BCUT2D eigenvalue weighted by Gasteiger charge is -2.13. The number of nitrogens with one attached hydrogen (secondary N) is 1. The SMILES string of the molecule is O=C(COc1ccc(Br)cc1-c1ccnn1-c1ccccc1)N/N=C/c1coc2ccc(Br)cc2c1=O. The minimum Gasteiger partial charge on any atom is -0.483 e. The molecule has 5 aromatic rings. The van der Waals surface area contributed by atoms with E-state index in [1.807, 2.05) is 48.5 Å². The lowest BCUT2D eigenvalue weighted by atomic mass is 10.1. The molecule has 0 aliphatic rings. The van der Waals surface area contributed by atoms with Crippen LogP contribution in [0, 0.1) is 0 Å². The predicted octanol–water partition coefficient (Wildman–Crippen LogP) is 5.70. The Labute approximate surface area is 227 Å². The molecule has 0 unspecified atom stereocenters. The fraction of sp³-hybridized carbons (Fsp3) is 0.0370. The van der Waals surface area contributed by atoms with Gasteiger partial charge in [-0.25, -0.2) is 10.1 Å². The summed E-state index contributed by atoms with van der Waals surface area (Å²) < 4.78 is 14.7. The van der Waals surface area contributed by atoms with Crippen LogP contribution < -0.4 is 15.6 Å². The van der Waals surface area contributed by atoms with E-state index in [0.29, 0.717) is 16.7 Å². The molecule has 0 fully saturated rings. The van der Waals surface area contributed by atoms with Crippen molar-refractivity contribution < 1.29 is 13.9 Å². The van der Waals surface area contributed by atoms with Crippen molar-refractivity contribution in [1.29, 1.82) is 0 Å². The van der Waals surface area contributed by atoms with E-state index in [2.05, 4.69) is 47.5 Å². The molecule has 0 bridgehead atoms. The number of fused-ring (bicyclic) bond motifs is 1. The Bertz CT molecular complexity index is 1680. The van der Waals surface area contributed by atoms with Crippen molar-refractivity contribution in [1.82, 2.24) is 15.2 Å². The van der Waals surface area contributed by atoms with E-state index in [1.165, 1.54) is 12.5 Å². The Morgan fingerprint density at radius 1 is 1.05 bits per heavy atom. The van der Waals surface area contributed by atoms with Crippen LogP contribution in [0.2, 0.25) is 0 Å². The summed E-state index contributed by atoms with van der Waals surface area (Å²) in [5.41, 5.74) is 5.24. The van der Waals surface area contributed by atoms with Gasteiger partial charge in [-0.15, -0.1) is 0 Å². The molecule has 2 heterocycles. The molecule has 3 aromatic carbocycles. The maximum atomic E-state index is 12.7. The van der Waals surface area contributed by atoms with Gasteiger partial charge in [0, 0.05) is 14.5 Å². The molecule has 0 aliphatic heterocycles. The van der Waals surface area contributed by atoms with Crippen LogP contribution in [0.4, 0.5) is 0 Å². The fourth-order valence-electron chi connectivity index (χ4n) is 3.67.